The van der Waals surface area contributed by atoms with Crippen molar-refractivity contribution in [1.29, 1.82) is 0 Å². The van der Waals surface area contributed by atoms with Gasteiger partial charge < -0.3 is 20.4 Å². The zero-order valence-electron chi connectivity index (χ0n) is 7.76. The summed E-state index contributed by atoms with van der Waals surface area (Å²) in [5.74, 6) is -1.96. The Kier molecular flexibility index (Phi) is 4.15. The van der Waals surface area contributed by atoms with Crippen LogP contribution in [0.25, 0.3) is 0 Å². The summed E-state index contributed by atoms with van der Waals surface area (Å²) in [5.41, 5.74) is -0.158. The van der Waals surface area contributed by atoms with Crippen molar-refractivity contribution in [3.63, 3.8) is 0 Å². The molecule has 0 aliphatic heterocycles. The number of benzene rings is 1. The summed E-state index contributed by atoms with van der Waals surface area (Å²) < 4.78 is 0.201. The predicted octanol–water partition coefficient (Wildman–Crippen LogP) is 1.29. The van der Waals surface area contributed by atoms with Gasteiger partial charge in [0.1, 0.15) is 11.9 Å². The van der Waals surface area contributed by atoms with Crippen LogP contribution in [0.15, 0.2) is 16.6 Å². The fourth-order valence-electron chi connectivity index (χ4n) is 1.12. The number of carboxylic acid groups (broad SMARTS) is 1. The Morgan fingerprint density at radius 1 is 1.38 bits per heavy atom. The number of phenolic OH excluding ortho intramolecular Hbond substituents is 1. The molecule has 2 unspecified atom stereocenters. The van der Waals surface area contributed by atoms with Gasteiger partial charge in [0.05, 0.1) is 4.47 Å². The second kappa shape index (κ2) is 5.01. The van der Waals surface area contributed by atoms with E-state index < -0.39 is 18.2 Å². The van der Waals surface area contributed by atoms with Gasteiger partial charge in [-0.05, 0) is 28.1 Å². The van der Waals surface area contributed by atoms with Gasteiger partial charge in [-0.15, -0.1) is 0 Å². The van der Waals surface area contributed by atoms with Crippen LogP contribution in [0.4, 0.5) is 0 Å². The molecule has 0 spiro atoms. The minimum atomic E-state index is -2.03. The molecule has 5 nitrogen and oxygen atoms in total. The molecule has 7 heteroatoms. The lowest BCUT2D eigenvalue weighted by atomic mass is 10.0. The van der Waals surface area contributed by atoms with E-state index in [1.165, 1.54) is 12.1 Å². The van der Waals surface area contributed by atoms with Crippen LogP contribution in [0.5, 0.6) is 5.75 Å². The van der Waals surface area contributed by atoms with E-state index in [0.29, 0.717) is 0 Å². The van der Waals surface area contributed by atoms with Crippen molar-refractivity contribution >= 4 is 33.5 Å². The Morgan fingerprint density at radius 2 is 1.94 bits per heavy atom. The van der Waals surface area contributed by atoms with E-state index in [-0.39, 0.29) is 20.8 Å². The summed E-state index contributed by atoms with van der Waals surface area (Å²) in [5, 5.41) is 36.9. The molecular formula is C9H8BrClO5. The van der Waals surface area contributed by atoms with E-state index in [1.807, 2.05) is 0 Å². The van der Waals surface area contributed by atoms with E-state index >= 15 is 0 Å². The quantitative estimate of drug-likeness (QED) is 0.674. The van der Waals surface area contributed by atoms with Gasteiger partial charge in [-0.3, -0.25) is 0 Å². The number of aromatic hydroxyl groups is 1. The summed E-state index contributed by atoms with van der Waals surface area (Å²) in [7, 11) is 0. The van der Waals surface area contributed by atoms with Crippen molar-refractivity contribution in [2.24, 2.45) is 0 Å². The van der Waals surface area contributed by atoms with Crippen LogP contribution >= 0.6 is 27.5 Å². The van der Waals surface area contributed by atoms with Crippen molar-refractivity contribution in [1.82, 2.24) is 0 Å². The molecule has 0 aliphatic rings. The van der Waals surface area contributed by atoms with Gasteiger partial charge in [0.15, 0.2) is 6.10 Å². The van der Waals surface area contributed by atoms with Crippen molar-refractivity contribution < 1.29 is 25.2 Å². The normalized spacial score (nSPS) is 14.5. The summed E-state index contributed by atoms with van der Waals surface area (Å²) in [6, 6.07) is 2.55. The molecule has 1 aromatic carbocycles. The molecule has 1 aromatic rings. The second-order valence-electron chi connectivity index (χ2n) is 3.05. The van der Waals surface area contributed by atoms with Crippen molar-refractivity contribution in [2.45, 2.75) is 12.2 Å². The molecular weight excluding hydrogens is 303 g/mol. The number of aliphatic carboxylic acids is 1. The number of carboxylic acids is 1. The van der Waals surface area contributed by atoms with E-state index in [2.05, 4.69) is 15.9 Å². The van der Waals surface area contributed by atoms with Crippen molar-refractivity contribution in [3.8, 4) is 5.75 Å². The van der Waals surface area contributed by atoms with Crippen LogP contribution in [-0.4, -0.2) is 32.5 Å². The van der Waals surface area contributed by atoms with Gasteiger partial charge in [0.2, 0.25) is 0 Å². The highest BCUT2D eigenvalue weighted by molar-refractivity contribution is 9.10. The molecule has 1 rings (SSSR count). The third-order valence-corrected chi connectivity index (χ3v) is 2.75. The average molecular weight is 312 g/mol. The van der Waals surface area contributed by atoms with Gasteiger partial charge in [0, 0.05) is 10.6 Å². The Hall–Kier alpha value is -0.820. The van der Waals surface area contributed by atoms with Gasteiger partial charge in [-0.2, -0.15) is 0 Å². The molecule has 0 aromatic heterocycles. The molecule has 0 fully saturated rings. The number of aliphatic hydroxyl groups excluding tert-OH is 2. The maximum Gasteiger partial charge on any atom is 0.335 e. The molecule has 0 saturated heterocycles. The third kappa shape index (κ3) is 2.65. The van der Waals surface area contributed by atoms with E-state index in [4.69, 9.17) is 21.8 Å². The summed E-state index contributed by atoms with van der Waals surface area (Å²) >= 11 is 8.65. The lowest BCUT2D eigenvalue weighted by molar-refractivity contribution is -0.153. The molecule has 88 valence electrons. The van der Waals surface area contributed by atoms with Crippen molar-refractivity contribution in [2.75, 3.05) is 0 Å². The molecule has 16 heavy (non-hydrogen) atoms. The number of rotatable bonds is 3. The highest BCUT2D eigenvalue weighted by Crippen LogP contribution is 2.36. The predicted molar refractivity (Wildman–Crippen MR) is 59.4 cm³/mol. The Labute approximate surface area is 104 Å². The minimum absolute atomic E-state index is 0.158. The number of halogens is 2. The van der Waals surface area contributed by atoms with Crippen LogP contribution in [0.1, 0.15) is 11.7 Å². The first kappa shape index (κ1) is 13.2. The highest BCUT2D eigenvalue weighted by atomic mass is 79.9. The third-order valence-electron chi connectivity index (χ3n) is 1.93. The topological polar surface area (TPSA) is 98.0 Å². The standard InChI is InChI=1S/C9H8BrClO5/c10-5-2-3(11)1-4(6(5)12)7(13)8(14)9(15)16/h1-2,7-8,12-14H,(H,15,16). The zero-order chi connectivity index (χ0) is 12.5. The average Bonchev–Trinajstić information content (AvgIpc) is 2.21. The number of hydrogen-bond donors (Lipinski definition) is 4. The van der Waals surface area contributed by atoms with E-state index in [1.54, 1.807) is 0 Å². The van der Waals surface area contributed by atoms with Gasteiger partial charge in [0.25, 0.3) is 0 Å². The molecule has 0 bridgehead atoms. The molecule has 2 atom stereocenters. The second-order valence-corrected chi connectivity index (χ2v) is 4.34. The first-order chi connectivity index (χ1) is 7.34. The SMILES string of the molecule is O=C(O)C(O)C(O)c1cc(Cl)cc(Br)c1O. The monoisotopic (exact) mass is 310 g/mol. The fourth-order valence-corrected chi connectivity index (χ4v) is 1.95. The minimum Gasteiger partial charge on any atom is -0.506 e. The summed E-state index contributed by atoms with van der Waals surface area (Å²) in [4.78, 5) is 10.5. The zero-order valence-corrected chi connectivity index (χ0v) is 10.1. The largest absolute Gasteiger partial charge is 0.506 e. The number of hydrogen-bond acceptors (Lipinski definition) is 4. The fraction of sp³-hybridized carbons (Fsp3) is 0.222. The van der Waals surface area contributed by atoms with Crippen LogP contribution in [0.3, 0.4) is 0 Å². The maximum absolute atomic E-state index is 10.5. The van der Waals surface area contributed by atoms with Gasteiger partial charge >= 0.3 is 5.97 Å². The first-order valence-corrected chi connectivity index (χ1v) is 5.28. The van der Waals surface area contributed by atoms with Crippen LogP contribution < -0.4 is 0 Å². The van der Waals surface area contributed by atoms with E-state index in [9.17, 15) is 15.0 Å². The Balaban J connectivity index is 3.17. The molecule has 0 aliphatic carbocycles. The first-order valence-electron chi connectivity index (χ1n) is 4.11. The lowest BCUT2D eigenvalue weighted by Crippen LogP contribution is -2.27. The molecule has 0 saturated carbocycles. The Bertz CT molecular complexity index is 423. The summed E-state index contributed by atoms with van der Waals surface area (Å²) in [6.07, 6.45) is -3.79. The Morgan fingerprint density at radius 3 is 2.44 bits per heavy atom. The maximum atomic E-state index is 10.5. The molecule has 0 radical (unpaired) electrons. The van der Waals surface area contributed by atoms with Gasteiger partial charge in [-0.1, -0.05) is 11.6 Å². The number of carbonyl (C=O) groups is 1. The highest BCUT2D eigenvalue weighted by Gasteiger charge is 2.28. The van der Waals surface area contributed by atoms with Crippen LogP contribution in [-0.2, 0) is 4.79 Å². The molecule has 0 heterocycles. The number of aliphatic hydroxyl groups is 2. The van der Waals surface area contributed by atoms with Gasteiger partial charge in [-0.25, -0.2) is 4.79 Å². The number of phenols is 1. The van der Waals surface area contributed by atoms with Crippen LogP contribution in [0, 0.1) is 0 Å². The lowest BCUT2D eigenvalue weighted by Gasteiger charge is -2.16. The molecule has 0 amide bonds. The summed E-state index contributed by atoms with van der Waals surface area (Å²) in [6.45, 7) is 0. The smallest absolute Gasteiger partial charge is 0.335 e. The van der Waals surface area contributed by atoms with Crippen molar-refractivity contribution in [3.05, 3.63) is 27.2 Å². The van der Waals surface area contributed by atoms with E-state index in [0.717, 1.165) is 0 Å². The van der Waals surface area contributed by atoms with Crippen LogP contribution in [0.2, 0.25) is 5.02 Å². The molecule has 4 N–H and O–H groups in total.